The molecule has 0 saturated carbocycles. The van der Waals surface area contributed by atoms with Crippen molar-refractivity contribution in [2.75, 3.05) is 13.7 Å². The van der Waals surface area contributed by atoms with Gasteiger partial charge in [0.2, 0.25) is 0 Å². The van der Waals surface area contributed by atoms with E-state index < -0.39 is 0 Å². The summed E-state index contributed by atoms with van der Waals surface area (Å²) in [6, 6.07) is 0.153. The maximum Gasteiger partial charge on any atom is 0.305 e. The first-order valence-electron chi connectivity index (χ1n) is 5.84. The molecule has 0 fully saturated rings. The molecule has 1 atom stereocenters. The Morgan fingerprint density at radius 2 is 2.06 bits per heavy atom. The van der Waals surface area contributed by atoms with Crippen molar-refractivity contribution >= 4 is 5.97 Å². The molecular formula is C12H25NO3. The highest BCUT2D eigenvalue weighted by atomic mass is 16.5. The monoisotopic (exact) mass is 231 g/mol. The largest absolute Gasteiger partial charge is 0.466 e. The summed E-state index contributed by atoms with van der Waals surface area (Å²) in [7, 11) is 1.66. The number of nitrogens with two attached hydrogens (primary N) is 1. The normalized spacial score (nSPS) is 13.6. The van der Waals surface area contributed by atoms with Gasteiger partial charge in [0.25, 0.3) is 0 Å². The Bertz CT molecular complexity index is 202. The van der Waals surface area contributed by atoms with Crippen LogP contribution in [-0.2, 0) is 14.3 Å². The van der Waals surface area contributed by atoms with Crippen molar-refractivity contribution in [1.29, 1.82) is 0 Å². The minimum absolute atomic E-state index is 0.146. The van der Waals surface area contributed by atoms with E-state index in [1.54, 1.807) is 7.11 Å². The van der Waals surface area contributed by atoms with Crippen LogP contribution in [0.3, 0.4) is 0 Å². The Hall–Kier alpha value is -0.610. The number of carbonyl (C=O) groups is 1. The third-order valence-electron chi connectivity index (χ3n) is 2.56. The van der Waals surface area contributed by atoms with Crippen LogP contribution in [0.2, 0.25) is 0 Å². The number of methoxy groups -OCH3 is 1. The molecule has 1 unspecified atom stereocenters. The van der Waals surface area contributed by atoms with E-state index in [1.807, 2.05) is 20.8 Å². The highest BCUT2D eigenvalue weighted by Gasteiger charge is 2.16. The van der Waals surface area contributed by atoms with Gasteiger partial charge in [-0.2, -0.15) is 0 Å². The predicted molar refractivity (Wildman–Crippen MR) is 64.2 cm³/mol. The van der Waals surface area contributed by atoms with Crippen LogP contribution in [0, 0.1) is 0 Å². The van der Waals surface area contributed by atoms with E-state index in [2.05, 4.69) is 0 Å². The first-order chi connectivity index (χ1) is 7.37. The Balaban J connectivity index is 3.51. The van der Waals surface area contributed by atoms with E-state index in [-0.39, 0.29) is 17.6 Å². The van der Waals surface area contributed by atoms with Gasteiger partial charge in [0, 0.05) is 26.0 Å². The van der Waals surface area contributed by atoms with Gasteiger partial charge < -0.3 is 15.2 Å². The van der Waals surface area contributed by atoms with Crippen LogP contribution in [0.1, 0.15) is 46.5 Å². The maximum absolute atomic E-state index is 11.3. The summed E-state index contributed by atoms with van der Waals surface area (Å²) in [5, 5.41) is 0. The van der Waals surface area contributed by atoms with Crippen LogP contribution in [0.25, 0.3) is 0 Å². The molecule has 0 heterocycles. The van der Waals surface area contributed by atoms with Gasteiger partial charge in [-0.15, -0.1) is 0 Å². The Morgan fingerprint density at radius 3 is 2.56 bits per heavy atom. The topological polar surface area (TPSA) is 61.5 Å². The summed E-state index contributed by atoms with van der Waals surface area (Å²) >= 11 is 0. The number of ether oxygens (including phenoxy) is 2. The van der Waals surface area contributed by atoms with Crippen LogP contribution in [-0.4, -0.2) is 31.3 Å². The van der Waals surface area contributed by atoms with Gasteiger partial charge in [0.05, 0.1) is 12.2 Å². The van der Waals surface area contributed by atoms with Crippen LogP contribution in [0.5, 0.6) is 0 Å². The highest BCUT2D eigenvalue weighted by molar-refractivity contribution is 5.69. The summed E-state index contributed by atoms with van der Waals surface area (Å²) in [4.78, 5) is 11.3. The van der Waals surface area contributed by atoms with Crippen molar-refractivity contribution in [1.82, 2.24) is 0 Å². The Labute approximate surface area is 98.5 Å². The number of hydrogen-bond donors (Lipinski definition) is 1. The summed E-state index contributed by atoms with van der Waals surface area (Å²) in [5.41, 5.74) is 5.36. The molecule has 4 heteroatoms. The van der Waals surface area contributed by atoms with Crippen LogP contribution in [0.15, 0.2) is 0 Å². The summed E-state index contributed by atoms with van der Waals surface area (Å²) in [6.45, 7) is 6.29. The summed E-state index contributed by atoms with van der Waals surface area (Å²) in [6.07, 6.45) is 2.82. The number of rotatable bonds is 8. The quantitative estimate of drug-likeness (QED) is 0.648. The molecule has 0 radical (unpaired) electrons. The van der Waals surface area contributed by atoms with Crippen molar-refractivity contribution in [2.45, 2.75) is 58.1 Å². The molecule has 4 nitrogen and oxygen atoms in total. The fraction of sp³-hybridized carbons (Fsp3) is 0.917. The van der Waals surface area contributed by atoms with Gasteiger partial charge in [-0.3, -0.25) is 4.79 Å². The van der Waals surface area contributed by atoms with E-state index in [9.17, 15) is 4.79 Å². The SMILES string of the molecule is COC(C)(C)CCOC(=O)CCCC(C)N. The molecule has 0 aromatic carbocycles. The lowest BCUT2D eigenvalue weighted by molar-refractivity contribution is -0.145. The second-order valence-corrected chi connectivity index (χ2v) is 4.80. The molecule has 0 spiro atoms. The Kier molecular flexibility index (Phi) is 7.34. The molecule has 16 heavy (non-hydrogen) atoms. The first kappa shape index (κ1) is 15.4. The average Bonchev–Trinajstić information content (AvgIpc) is 2.17. The van der Waals surface area contributed by atoms with E-state index in [1.165, 1.54) is 0 Å². The third-order valence-corrected chi connectivity index (χ3v) is 2.56. The zero-order valence-corrected chi connectivity index (χ0v) is 10.9. The molecule has 96 valence electrons. The third kappa shape index (κ3) is 8.68. The minimum atomic E-state index is -0.230. The van der Waals surface area contributed by atoms with E-state index in [0.29, 0.717) is 19.4 Å². The number of hydrogen-bond acceptors (Lipinski definition) is 4. The summed E-state index contributed by atoms with van der Waals surface area (Å²) in [5.74, 6) is -0.146. The average molecular weight is 231 g/mol. The van der Waals surface area contributed by atoms with Gasteiger partial charge in [-0.25, -0.2) is 0 Å². The Morgan fingerprint density at radius 1 is 1.44 bits per heavy atom. The molecule has 0 aliphatic heterocycles. The molecule has 0 aliphatic rings. The number of esters is 1. The smallest absolute Gasteiger partial charge is 0.305 e. The minimum Gasteiger partial charge on any atom is -0.466 e. The van der Waals surface area contributed by atoms with E-state index in [0.717, 1.165) is 12.8 Å². The lowest BCUT2D eigenvalue weighted by atomic mass is 10.1. The zero-order valence-electron chi connectivity index (χ0n) is 10.9. The molecule has 0 amide bonds. The molecule has 0 aromatic rings. The van der Waals surface area contributed by atoms with Crippen LogP contribution < -0.4 is 5.73 Å². The van der Waals surface area contributed by atoms with E-state index >= 15 is 0 Å². The fourth-order valence-corrected chi connectivity index (χ4v) is 1.15. The maximum atomic E-state index is 11.3. The molecule has 0 saturated heterocycles. The first-order valence-corrected chi connectivity index (χ1v) is 5.84. The van der Waals surface area contributed by atoms with Gasteiger partial charge in [0.15, 0.2) is 0 Å². The van der Waals surface area contributed by atoms with Gasteiger partial charge in [-0.05, 0) is 33.6 Å². The lowest BCUT2D eigenvalue weighted by Gasteiger charge is -2.22. The molecule has 2 N–H and O–H groups in total. The summed E-state index contributed by atoms with van der Waals surface area (Å²) < 4.78 is 10.3. The van der Waals surface area contributed by atoms with E-state index in [4.69, 9.17) is 15.2 Å². The molecule has 0 aliphatic carbocycles. The highest BCUT2D eigenvalue weighted by Crippen LogP contribution is 2.12. The second kappa shape index (κ2) is 7.63. The molecule has 0 rings (SSSR count). The fourth-order valence-electron chi connectivity index (χ4n) is 1.15. The van der Waals surface area contributed by atoms with Crippen LogP contribution >= 0.6 is 0 Å². The van der Waals surface area contributed by atoms with Crippen LogP contribution in [0.4, 0.5) is 0 Å². The van der Waals surface area contributed by atoms with Crippen molar-refractivity contribution < 1.29 is 14.3 Å². The van der Waals surface area contributed by atoms with Crippen molar-refractivity contribution in [3.8, 4) is 0 Å². The van der Waals surface area contributed by atoms with Gasteiger partial charge in [0.1, 0.15) is 0 Å². The molecule has 0 bridgehead atoms. The zero-order chi connectivity index (χ0) is 12.6. The van der Waals surface area contributed by atoms with Gasteiger partial charge >= 0.3 is 5.97 Å². The molecule has 0 aromatic heterocycles. The van der Waals surface area contributed by atoms with Crippen molar-refractivity contribution in [3.63, 3.8) is 0 Å². The van der Waals surface area contributed by atoms with Crippen molar-refractivity contribution in [3.05, 3.63) is 0 Å². The van der Waals surface area contributed by atoms with Gasteiger partial charge in [-0.1, -0.05) is 0 Å². The molecular weight excluding hydrogens is 206 g/mol. The predicted octanol–water partition coefficient (Wildman–Crippen LogP) is 1.86. The lowest BCUT2D eigenvalue weighted by Crippen LogP contribution is -2.25. The number of carbonyl (C=O) groups excluding carboxylic acids is 1. The second-order valence-electron chi connectivity index (χ2n) is 4.80. The standard InChI is InChI=1S/C12H25NO3/c1-10(13)6-5-7-11(14)16-9-8-12(2,3)15-4/h10H,5-9,13H2,1-4H3. The van der Waals surface area contributed by atoms with Crippen molar-refractivity contribution in [2.24, 2.45) is 5.73 Å².